The van der Waals surface area contributed by atoms with Gasteiger partial charge in [0, 0.05) is 18.3 Å². The van der Waals surface area contributed by atoms with Crippen LogP contribution in [0.1, 0.15) is 23.4 Å². The lowest BCUT2D eigenvalue weighted by Gasteiger charge is -2.25. The number of aryl methyl sites for hydroxylation is 1. The molecule has 124 valence electrons. The number of halogens is 1. The maximum atomic E-state index is 13.9. The first-order chi connectivity index (χ1) is 11.5. The van der Waals surface area contributed by atoms with E-state index >= 15 is 0 Å². The Morgan fingerprint density at radius 2 is 2.08 bits per heavy atom. The summed E-state index contributed by atoms with van der Waals surface area (Å²) in [6.45, 7) is 3.13. The van der Waals surface area contributed by atoms with Gasteiger partial charge in [-0.3, -0.25) is 14.5 Å². The smallest absolute Gasteiger partial charge is 0.238 e. The van der Waals surface area contributed by atoms with E-state index in [0.717, 1.165) is 5.56 Å². The molecule has 0 aromatic heterocycles. The van der Waals surface area contributed by atoms with Crippen LogP contribution in [0, 0.1) is 12.7 Å². The van der Waals surface area contributed by atoms with Crippen molar-refractivity contribution in [2.75, 3.05) is 16.0 Å². The zero-order valence-electron chi connectivity index (χ0n) is 13.4. The van der Waals surface area contributed by atoms with Crippen LogP contribution in [0.2, 0.25) is 0 Å². The Hall–Kier alpha value is -2.34. The second-order valence-electron chi connectivity index (χ2n) is 5.67. The number of anilines is 2. The van der Waals surface area contributed by atoms with E-state index in [2.05, 4.69) is 5.32 Å². The van der Waals surface area contributed by atoms with Gasteiger partial charge in [-0.1, -0.05) is 18.2 Å². The summed E-state index contributed by atoms with van der Waals surface area (Å²) in [7, 11) is 0. The number of nitrogens with zero attached hydrogens (tertiary/aromatic N) is 1. The van der Waals surface area contributed by atoms with Crippen molar-refractivity contribution < 1.29 is 14.0 Å². The number of thioether (sulfide) groups is 1. The highest BCUT2D eigenvalue weighted by atomic mass is 32.2. The first-order valence-electron chi connectivity index (χ1n) is 7.53. The standard InChI is InChI=1S/C18H17FN2O2S/c1-11-6-7-15(9-16(11)19)21-17(23)10-24-18(21)13-4-3-5-14(8-13)20-12(2)22/h3-9,18H,10H2,1-2H3,(H,20,22)/t18-/m1/s1. The van der Waals surface area contributed by atoms with E-state index in [1.165, 1.54) is 24.8 Å². The van der Waals surface area contributed by atoms with Gasteiger partial charge in [-0.2, -0.15) is 0 Å². The van der Waals surface area contributed by atoms with Crippen LogP contribution in [0.3, 0.4) is 0 Å². The van der Waals surface area contributed by atoms with Crippen LogP contribution in [0.5, 0.6) is 0 Å². The van der Waals surface area contributed by atoms with Gasteiger partial charge in [-0.25, -0.2) is 4.39 Å². The molecular formula is C18H17FN2O2S. The van der Waals surface area contributed by atoms with Crippen LogP contribution >= 0.6 is 11.8 Å². The summed E-state index contributed by atoms with van der Waals surface area (Å²) in [4.78, 5) is 25.2. The van der Waals surface area contributed by atoms with Gasteiger partial charge in [0.1, 0.15) is 11.2 Å². The Morgan fingerprint density at radius 3 is 2.79 bits per heavy atom. The number of hydrogen-bond donors (Lipinski definition) is 1. The summed E-state index contributed by atoms with van der Waals surface area (Å²) in [6.07, 6.45) is 0. The summed E-state index contributed by atoms with van der Waals surface area (Å²) in [5.74, 6) is -0.203. The molecule has 6 heteroatoms. The molecular weight excluding hydrogens is 327 g/mol. The van der Waals surface area contributed by atoms with Crippen molar-refractivity contribution in [2.24, 2.45) is 0 Å². The second-order valence-corrected chi connectivity index (χ2v) is 6.74. The molecule has 0 aliphatic carbocycles. The first kappa shape index (κ1) is 16.5. The van der Waals surface area contributed by atoms with E-state index in [4.69, 9.17) is 0 Å². The SMILES string of the molecule is CC(=O)Nc1cccc([C@H]2SCC(=O)N2c2ccc(C)c(F)c2)c1. The fraction of sp³-hybridized carbons (Fsp3) is 0.222. The Balaban J connectivity index is 1.96. The number of hydrogen-bond acceptors (Lipinski definition) is 3. The van der Waals surface area contributed by atoms with E-state index in [1.54, 1.807) is 30.0 Å². The fourth-order valence-corrected chi connectivity index (χ4v) is 3.82. The third-order valence-corrected chi connectivity index (χ3v) is 5.01. The van der Waals surface area contributed by atoms with Crippen LogP contribution < -0.4 is 10.2 Å². The van der Waals surface area contributed by atoms with Gasteiger partial charge in [-0.15, -0.1) is 11.8 Å². The van der Waals surface area contributed by atoms with E-state index in [9.17, 15) is 14.0 Å². The molecule has 2 amide bonds. The van der Waals surface area contributed by atoms with Crippen molar-refractivity contribution in [2.45, 2.75) is 19.2 Å². The minimum absolute atomic E-state index is 0.0572. The molecule has 2 aromatic rings. The van der Waals surface area contributed by atoms with Gasteiger partial charge in [0.2, 0.25) is 11.8 Å². The minimum Gasteiger partial charge on any atom is -0.326 e. The Kier molecular flexibility index (Phi) is 4.57. The molecule has 4 nitrogen and oxygen atoms in total. The van der Waals surface area contributed by atoms with E-state index < -0.39 is 0 Å². The maximum absolute atomic E-state index is 13.9. The van der Waals surface area contributed by atoms with E-state index in [1.807, 2.05) is 18.2 Å². The first-order valence-corrected chi connectivity index (χ1v) is 8.58. The second kappa shape index (κ2) is 6.65. The van der Waals surface area contributed by atoms with Crippen LogP contribution in [0.4, 0.5) is 15.8 Å². The number of amides is 2. The molecule has 1 saturated heterocycles. The third kappa shape index (κ3) is 3.28. The zero-order chi connectivity index (χ0) is 17.3. The molecule has 1 fully saturated rings. The zero-order valence-corrected chi connectivity index (χ0v) is 14.2. The average Bonchev–Trinajstić information content (AvgIpc) is 2.91. The summed E-state index contributed by atoms with van der Waals surface area (Å²) >= 11 is 1.49. The lowest BCUT2D eigenvalue weighted by Crippen LogP contribution is -2.28. The van der Waals surface area contributed by atoms with Crippen LogP contribution in [-0.4, -0.2) is 17.6 Å². The van der Waals surface area contributed by atoms with Crippen LogP contribution in [0.25, 0.3) is 0 Å². The predicted molar refractivity (Wildman–Crippen MR) is 94.6 cm³/mol. The molecule has 3 rings (SSSR count). The molecule has 1 N–H and O–H groups in total. The monoisotopic (exact) mass is 344 g/mol. The number of carbonyl (C=O) groups is 2. The molecule has 0 spiro atoms. The van der Waals surface area contributed by atoms with Crippen molar-refractivity contribution in [3.8, 4) is 0 Å². The number of nitrogens with one attached hydrogen (secondary N) is 1. The molecule has 0 radical (unpaired) electrons. The summed E-state index contributed by atoms with van der Waals surface area (Å²) < 4.78 is 13.9. The molecule has 0 unspecified atom stereocenters. The molecule has 0 saturated carbocycles. The van der Waals surface area contributed by atoms with Crippen molar-refractivity contribution in [3.63, 3.8) is 0 Å². The minimum atomic E-state index is -0.331. The van der Waals surface area contributed by atoms with Gasteiger partial charge < -0.3 is 5.32 Å². The summed E-state index contributed by atoms with van der Waals surface area (Å²) in [5.41, 5.74) is 2.65. The quantitative estimate of drug-likeness (QED) is 0.919. The molecule has 1 heterocycles. The van der Waals surface area contributed by atoms with Crippen molar-refractivity contribution in [1.29, 1.82) is 0 Å². The molecule has 0 bridgehead atoms. The van der Waals surface area contributed by atoms with Gasteiger partial charge in [-0.05, 0) is 42.3 Å². The Morgan fingerprint density at radius 1 is 1.29 bits per heavy atom. The van der Waals surface area contributed by atoms with E-state index in [0.29, 0.717) is 22.7 Å². The molecule has 2 aromatic carbocycles. The normalized spacial score (nSPS) is 17.2. The number of benzene rings is 2. The van der Waals surface area contributed by atoms with Crippen LogP contribution in [-0.2, 0) is 9.59 Å². The van der Waals surface area contributed by atoms with Gasteiger partial charge >= 0.3 is 0 Å². The lowest BCUT2D eigenvalue weighted by molar-refractivity contribution is -0.116. The number of carbonyl (C=O) groups excluding carboxylic acids is 2. The van der Waals surface area contributed by atoms with Gasteiger partial charge in [0.05, 0.1) is 5.75 Å². The summed E-state index contributed by atoms with van der Waals surface area (Å²) in [5, 5.41) is 2.50. The van der Waals surface area contributed by atoms with Crippen LogP contribution in [0.15, 0.2) is 42.5 Å². The maximum Gasteiger partial charge on any atom is 0.238 e. The van der Waals surface area contributed by atoms with Gasteiger partial charge in [0.15, 0.2) is 0 Å². The number of rotatable bonds is 3. The Labute approximate surface area is 144 Å². The summed E-state index contributed by atoms with van der Waals surface area (Å²) in [6, 6.07) is 12.2. The largest absolute Gasteiger partial charge is 0.326 e. The highest BCUT2D eigenvalue weighted by Gasteiger charge is 2.34. The molecule has 1 atom stereocenters. The predicted octanol–water partition coefficient (Wildman–Crippen LogP) is 3.87. The topological polar surface area (TPSA) is 49.4 Å². The van der Waals surface area contributed by atoms with Crippen molar-refractivity contribution in [1.82, 2.24) is 0 Å². The molecule has 1 aliphatic rings. The van der Waals surface area contributed by atoms with Crippen molar-refractivity contribution >= 4 is 35.0 Å². The highest BCUT2D eigenvalue weighted by molar-refractivity contribution is 8.00. The van der Waals surface area contributed by atoms with Gasteiger partial charge in [0.25, 0.3) is 0 Å². The fourth-order valence-electron chi connectivity index (χ4n) is 2.65. The van der Waals surface area contributed by atoms with E-state index in [-0.39, 0.29) is 23.0 Å². The molecule has 24 heavy (non-hydrogen) atoms. The highest BCUT2D eigenvalue weighted by Crippen LogP contribution is 2.42. The average molecular weight is 344 g/mol. The lowest BCUT2D eigenvalue weighted by atomic mass is 10.1. The third-order valence-electron chi connectivity index (χ3n) is 3.79. The molecule has 1 aliphatic heterocycles. The Bertz CT molecular complexity index is 809. The van der Waals surface area contributed by atoms with Crippen molar-refractivity contribution in [3.05, 3.63) is 59.4 Å².